The van der Waals surface area contributed by atoms with Crippen molar-refractivity contribution in [3.05, 3.63) is 64.4 Å². The number of nitriles is 1. The van der Waals surface area contributed by atoms with Gasteiger partial charge in [0.2, 0.25) is 0 Å². The molecule has 11 heteroatoms. The maximum Gasteiger partial charge on any atom is 0.410 e. The quantitative estimate of drug-likeness (QED) is 0.450. The maximum atomic E-state index is 13.3. The van der Waals surface area contributed by atoms with Crippen LogP contribution in [0.2, 0.25) is 5.02 Å². The molecule has 3 amide bonds. The molecule has 230 valence electrons. The summed E-state index contributed by atoms with van der Waals surface area (Å²) in [6.07, 6.45) is 2.25. The molecule has 4 rings (SSSR count). The number of ether oxygens (including phenoxy) is 2. The zero-order chi connectivity index (χ0) is 31.2. The molecule has 0 saturated carbocycles. The van der Waals surface area contributed by atoms with Crippen molar-refractivity contribution in [3.8, 4) is 11.8 Å². The first-order chi connectivity index (χ1) is 20.4. The lowest BCUT2D eigenvalue weighted by molar-refractivity contribution is -0.135. The highest BCUT2D eigenvalue weighted by atomic mass is 35.5. The average molecular weight is 613 g/mol. The summed E-state index contributed by atoms with van der Waals surface area (Å²) >= 11 is 6.19. The Morgan fingerprint density at radius 1 is 1.05 bits per heavy atom. The molecule has 0 unspecified atom stereocenters. The number of carbonyl (C=O) groups excluding carboxylic acids is 3. The van der Waals surface area contributed by atoms with Crippen molar-refractivity contribution >= 4 is 29.5 Å². The van der Waals surface area contributed by atoms with Crippen molar-refractivity contribution < 1.29 is 28.2 Å². The van der Waals surface area contributed by atoms with E-state index in [4.69, 9.17) is 21.1 Å². The molecule has 2 heterocycles. The van der Waals surface area contributed by atoms with Crippen LogP contribution in [-0.2, 0) is 16.0 Å². The van der Waals surface area contributed by atoms with Crippen LogP contribution in [0.25, 0.3) is 0 Å². The van der Waals surface area contributed by atoms with Gasteiger partial charge in [-0.1, -0.05) is 23.7 Å². The Kier molecular flexibility index (Phi) is 10.2. The number of hydrogen-bond acceptors (Lipinski definition) is 6. The van der Waals surface area contributed by atoms with E-state index < -0.39 is 11.0 Å². The fraction of sp³-hybridized carbons (Fsp3) is 0.500. The largest absolute Gasteiger partial charge is 0.483 e. The van der Waals surface area contributed by atoms with Crippen molar-refractivity contribution in [1.29, 1.82) is 5.26 Å². The minimum absolute atomic E-state index is 0.150. The second-order valence-corrected chi connectivity index (χ2v) is 12.7. The third-order valence-electron chi connectivity index (χ3n) is 7.79. The normalized spacial score (nSPS) is 17.1. The number of benzene rings is 2. The van der Waals surface area contributed by atoms with Crippen molar-refractivity contribution in [3.63, 3.8) is 0 Å². The summed E-state index contributed by atoms with van der Waals surface area (Å²) in [5.74, 6) is -0.708. The number of nitrogens with zero attached hydrogens (tertiary/aromatic N) is 3. The summed E-state index contributed by atoms with van der Waals surface area (Å²) in [4.78, 5) is 41.9. The lowest BCUT2D eigenvalue weighted by atomic mass is 9.75. The number of piperidine rings is 2. The molecular formula is C32H38ClFN4O5. The van der Waals surface area contributed by atoms with Crippen LogP contribution in [0.4, 0.5) is 9.18 Å². The molecule has 0 aromatic heterocycles. The molecule has 2 aromatic carbocycles. The number of carbonyl (C=O) groups is 3. The SMILES string of the molecule is CC(C)(C)OC(=O)N1CCC(NC(=O)c2cc(Cl)ccc2OCC(=O)N2CCC(C#N)(Cc3ccc(F)cc3)CC2)CC1. The molecule has 2 aliphatic rings. The molecule has 2 aliphatic heterocycles. The lowest BCUT2D eigenvalue weighted by Gasteiger charge is -2.37. The molecule has 2 aromatic rings. The minimum Gasteiger partial charge on any atom is -0.483 e. The molecule has 0 spiro atoms. The van der Waals surface area contributed by atoms with E-state index in [0.717, 1.165) is 5.56 Å². The van der Waals surface area contributed by atoms with Gasteiger partial charge in [-0.3, -0.25) is 9.59 Å². The number of nitrogens with one attached hydrogen (secondary N) is 1. The van der Waals surface area contributed by atoms with Crippen LogP contribution in [0.15, 0.2) is 42.5 Å². The zero-order valence-electron chi connectivity index (χ0n) is 24.8. The van der Waals surface area contributed by atoms with Gasteiger partial charge in [-0.2, -0.15) is 5.26 Å². The zero-order valence-corrected chi connectivity index (χ0v) is 25.6. The predicted octanol–water partition coefficient (Wildman–Crippen LogP) is 5.36. The summed E-state index contributed by atoms with van der Waals surface area (Å²) in [7, 11) is 0. The number of rotatable bonds is 7. The number of amides is 3. The van der Waals surface area contributed by atoms with Crippen LogP contribution in [0.3, 0.4) is 0 Å². The first-order valence-corrected chi connectivity index (χ1v) is 14.9. The molecular weight excluding hydrogens is 575 g/mol. The van der Waals surface area contributed by atoms with Crippen molar-refractivity contribution in [1.82, 2.24) is 15.1 Å². The van der Waals surface area contributed by atoms with E-state index in [1.54, 1.807) is 34.1 Å². The van der Waals surface area contributed by atoms with Gasteiger partial charge in [-0.15, -0.1) is 0 Å². The van der Waals surface area contributed by atoms with E-state index in [1.807, 2.05) is 20.8 Å². The number of likely N-dealkylation sites (tertiary alicyclic amines) is 2. The van der Waals surface area contributed by atoms with Gasteiger partial charge in [-0.05, 0) is 88.8 Å². The second kappa shape index (κ2) is 13.6. The fourth-order valence-corrected chi connectivity index (χ4v) is 5.51. The molecule has 0 atom stereocenters. The average Bonchev–Trinajstić information content (AvgIpc) is 2.97. The minimum atomic E-state index is -0.625. The molecule has 1 N–H and O–H groups in total. The first kappa shape index (κ1) is 32.1. The van der Waals surface area contributed by atoms with E-state index >= 15 is 0 Å². The summed E-state index contributed by atoms with van der Waals surface area (Å²) in [5.41, 5.74) is -0.100. The van der Waals surface area contributed by atoms with Crippen molar-refractivity contribution in [2.75, 3.05) is 32.8 Å². The Morgan fingerprint density at radius 3 is 2.30 bits per heavy atom. The van der Waals surface area contributed by atoms with Gasteiger partial charge < -0.3 is 24.6 Å². The summed E-state index contributed by atoms with van der Waals surface area (Å²) in [5, 5.41) is 13.3. The van der Waals surface area contributed by atoms with E-state index in [0.29, 0.717) is 63.3 Å². The molecule has 2 saturated heterocycles. The molecule has 0 bridgehead atoms. The maximum absolute atomic E-state index is 13.3. The number of hydrogen-bond donors (Lipinski definition) is 1. The van der Waals surface area contributed by atoms with Gasteiger partial charge in [0.15, 0.2) is 6.61 Å². The van der Waals surface area contributed by atoms with Gasteiger partial charge in [0.05, 0.1) is 17.0 Å². The van der Waals surface area contributed by atoms with Crippen LogP contribution in [0.1, 0.15) is 62.4 Å². The Hall–Kier alpha value is -3.84. The van der Waals surface area contributed by atoms with Crippen LogP contribution in [0, 0.1) is 22.6 Å². The van der Waals surface area contributed by atoms with Crippen molar-refractivity contribution in [2.45, 2.75) is 64.5 Å². The lowest BCUT2D eigenvalue weighted by Crippen LogP contribution is -2.47. The summed E-state index contributed by atoms with van der Waals surface area (Å²) in [6, 6.07) is 13.1. The highest BCUT2D eigenvalue weighted by molar-refractivity contribution is 6.31. The molecule has 0 aliphatic carbocycles. The molecule has 0 radical (unpaired) electrons. The Bertz CT molecular complexity index is 1360. The first-order valence-electron chi connectivity index (χ1n) is 14.5. The van der Waals surface area contributed by atoms with Gasteiger partial charge in [0.25, 0.3) is 11.8 Å². The highest BCUT2D eigenvalue weighted by Gasteiger charge is 2.36. The van der Waals surface area contributed by atoms with Crippen LogP contribution in [0.5, 0.6) is 5.75 Å². The van der Waals surface area contributed by atoms with Crippen LogP contribution in [-0.4, -0.2) is 72.1 Å². The predicted molar refractivity (Wildman–Crippen MR) is 159 cm³/mol. The molecule has 9 nitrogen and oxygen atoms in total. The van der Waals surface area contributed by atoms with E-state index in [2.05, 4.69) is 11.4 Å². The molecule has 43 heavy (non-hydrogen) atoms. The van der Waals surface area contributed by atoms with Gasteiger partial charge >= 0.3 is 6.09 Å². The van der Waals surface area contributed by atoms with Crippen LogP contribution >= 0.6 is 11.6 Å². The van der Waals surface area contributed by atoms with E-state index in [1.165, 1.54) is 18.2 Å². The Labute approximate surface area is 256 Å². The second-order valence-electron chi connectivity index (χ2n) is 12.2. The summed E-state index contributed by atoms with van der Waals surface area (Å²) in [6.45, 7) is 6.90. The third kappa shape index (κ3) is 8.83. The fourth-order valence-electron chi connectivity index (χ4n) is 5.34. The van der Waals surface area contributed by atoms with Crippen LogP contribution < -0.4 is 10.1 Å². The van der Waals surface area contributed by atoms with Gasteiger partial charge in [0, 0.05) is 37.2 Å². The van der Waals surface area contributed by atoms with Crippen molar-refractivity contribution in [2.24, 2.45) is 5.41 Å². The highest BCUT2D eigenvalue weighted by Crippen LogP contribution is 2.35. The van der Waals surface area contributed by atoms with Gasteiger partial charge in [0.1, 0.15) is 17.2 Å². The Morgan fingerprint density at radius 2 is 1.70 bits per heavy atom. The standard InChI is InChI=1S/C32H38ClFN4O5/c1-31(2,3)43-30(41)38-14-10-25(11-15-38)36-29(40)26-18-23(33)6-9-27(26)42-20-28(39)37-16-12-32(21-35,13-17-37)19-22-4-7-24(34)8-5-22/h4-9,18,25H,10-17,19-20H2,1-3H3,(H,36,40). The topological polar surface area (TPSA) is 112 Å². The smallest absolute Gasteiger partial charge is 0.410 e. The van der Waals surface area contributed by atoms with E-state index in [-0.39, 0.29) is 47.7 Å². The van der Waals surface area contributed by atoms with Gasteiger partial charge in [-0.25, -0.2) is 9.18 Å². The Balaban J connectivity index is 1.29. The summed E-state index contributed by atoms with van der Waals surface area (Å²) < 4.78 is 24.5. The molecule has 2 fully saturated rings. The van der Waals surface area contributed by atoms with E-state index in [9.17, 15) is 24.0 Å². The monoisotopic (exact) mass is 612 g/mol. The third-order valence-corrected chi connectivity index (χ3v) is 8.02. The number of halogens is 2.